The summed E-state index contributed by atoms with van der Waals surface area (Å²) in [5.41, 5.74) is -7.43. The number of fused-ring (bicyclic) bond motifs is 7. The molecular formula is C76H124O39. The minimum Gasteiger partial charge on any atom is -0.432 e. The van der Waals surface area contributed by atoms with E-state index in [9.17, 15) is 112 Å². The Labute approximate surface area is 664 Å². The predicted octanol–water partition coefficient (Wildman–Crippen LogP) is -7.55. The van der Waals surface area contributed by atoms with Crippen LogP contribution in [0.2, 0.25) is 0 Å². The number of aliphatic hydroxyl groups is 22. The van der Waals surface area contributed by atoms with Crippen LogP contribution in [0, 0.1) is 55.7 Å². The van der Waals surface area contributed by atoms with Gasteiger partial charge in [-0.1, -0.05) is 60.1 Å². The highest BCUT2D eigenvalue weighted by molar-refractivity contribution is 5.80. The quantitative estimate of drug-likeness (QED) is 0.0324. The van der Waals surface area contributed by atoms with Gasteiger partial charge in [-0.3, -0.25) is 4.79 Å². The lowest BCUT2D eigenvalue weighted by Crippen LogP contribution is -2.73. The van der Waals surface area contributed by atoms with Gasteiger partial charge in [0.25, 0.3) is 0 Å². The molecule has 12 fully saturated rings. The van der Waals surface area contributed by atoms with Crippen molar-refractivity contribution >= 4 is 5.97 Å². The molecule has 8 heterocycles. The van der Waals surface area contributed by atoms with E-state index in [1.54, 1.807) is 6.92 Å². The number of esters is 1. The molecule has 39 heteroatoms. The molecule has 662 valence electrons. The summed E-state index contributed by atoms with van der Waals surface area (Å²) in [5, 5.41) is 252. The molecule has 22 N–H and O–H groups in total. The van der Waals surface area contributed by atoms with Crippen LogP contribution < -0.4 is 0 Å². The van der Waals surface area contributed by atoms with Gasteiger partial charge in [0.15, 0.2) is 50.1 Å². The molecule has 48 atom stereocenters. The Morgan fingerprint density at radius 1 is 0.435 bits per heavy atom. The Morgan fingerprint density at radius 2 is 0.922 bits per heavy atom. The van der Waals surface area contributed by atoms with Crippen molar-refractivity contribution < 1.29 is 193 Å². The molecule has 8 aliphatic heterocycles. The summed E-state index contributed by atoms with van der Waals surface area (Å²) in [7, 11) is 0. The molecule has 0 aromatic heterocycles. The first-order chi connectivity index (χ1) is 53.8. The lowest BCUT2D eigenvalue weighted by Gasteiger charge is -2.73. The van der Waals surface area contributed by atoms with Gasteiger partial charge in [-0.05, 0) is 106 Å². The van der Waals surface area contributed by atoms with Gasteiger partial charge < -0.3 is 188 Å². The second-order valence-corrected chi connectivity index (χ2v) is 37.1. The summed E-state index contributed by atoms with van der Waals surface area (Å²) in [5.74, 6) is -3.15. The Kier molecular flexibility index (Phi) is 26.5. The number of ether oxygens (including phenoxy) is 16. The van der Waals surface area contributed by atoms with E-state index in [1.165, 1.54) is 34.6 Å². The highest BCUT2D eigenvalue weighted by atomic mass is 16.8. The SMILES string of the molecule is C[C@@H]1O[C@@H](O[C@@H]2[C@@H](O)[C@H](O[C@H]3[C@@H](O)C[C@@]4(C)[C@@H]([C@H](O)C[C@]5(C)[C@@H]4CC=C4[C@@H]6CC(C)(C)CC[C@]6(C(=O)O[C@@H]6OC[C@@H](O)[C@H](O)[C@H]6O[C@@H]6O[C@@H](C)[C@H](O[C@@H]7OC[C@@H](O)[C@H](O[C@@H]8O[C@@H](C)[C@H](O)[C@@H](O)[C@H]8O)[C@H]7O)[C@@H](O[C@@H]7O[C@@H](C)[C@H](O)[C@@H](O)[C@H]7O)[C@H]6O)[C@H](O)C[C@]45C)[C@]3(C)CO)O[C@H](CO)[C@H]2O[C@@H]2OC[C@](C)(CO)[C@H]2O)[C@H](O)[C@H](O)[C@H]1O. The van der Waals surface area contributed by atoms with E-state index in [2.05, 4.69) is 6.08 Å². The number of hydrogen-bond donors (Lipinski definition) is 22. The van der Waals surface area contributed by atoms with Crippen molar-refractivity contribution in [3.63, 3.8) is 0 Å². The van der Waals surface area contributed by atoms with Crippen molar-refractivity contribution in [2.75, 3.05) is 39.6 Å². The molecule has 39 nitrogen and oxygen atoms in total. The Morgan fingerprint density at radius 3 is 1.47 bits per heavy atom. The number of rotatable bonds is 19. The smallest absolute Gasteiger partial charge is 0.317 e. The molecule has 13 aliphatic rings. The fourth-order valence-corrected chi connectivity index (χ4v) is 21.9. The topological polar surface area (TPSA) is 610 Å². The van der Waals surface area contributed by atoms with Gasteiger partial charge in [-0.15, -0.1) is 0 Å². The van der Waals surface area contributed by atoms with Crippen LogP contribution >= 0.6 is 0 Å². The molecule has 4 saturated carbocycles. The molecule has 13 rings (SSSR count). The van der Waals surface area contributed by atoms with Crippen molar-refractivity contribution in [2.24, 2.45) is 55.7 Å². The second-order valence-electron chi connectivity index (χ2n) is 37.1. The van der Waals surface area contributed by atoms with Crippen molar-refractivity contribution in [3.05, 3.63) is 11.6 Å². The van der Waals surface area contributed by atoms with Crippen LogP contribution in [0.1, 0.15) is 121 Å². The van der Waals surface area contributed by atoms with E-state index in [-0.39, 0.29) is 38.7 Å². The highest BCUT2D eigenvalue weighted by Crippen LogP contribution is 2.76. The standard InChI is InChI=1S/C76H124O39/c1-26-39(85)43(89)46(92)62(103-26)109-53-35(83)22-100-61(49(53)95)108-52-29(4)106-65(50(96)55(52)111-63-47(93)44(90)40(86)27(2)104-63)113-57-42(88)34(82)21-101-67(57)115-69(99)76-15-14-70(5,6)16-31(76)30-12-13-37-72(8)17-33(81)60(73(9,24-79)58(72)32(80)18-75(37,11)74(30,10)19-38(76)84)114-66-51(97)56(112-64-48(94)45(91)41(87)28(3)105-64)54(36(20-77)107-66)110-68-59(98)71(7,23-78)25-102-68/h12,26-29,31-68,77-98H,13-25H2,1-11H3/t26-,27-,28-,29-,31-,32+,33-,34+,35+,36+,37+,38+,39-,40-,41-,42-,43+,44+,45+,46+,47+,48+,49+,50+,51+,52-,53-,54+,55-,56+,57+,58+,59-,60-,61-,62-,63-,64-,65-,66-,67-,68-,71-,72+,73-,74+,75+,76+/m0/s1. The number of carbonyl (C=O) groups excluding carboxylic acids is 1. The molecular weight excluding hydrogens is 1540 g/mol. The summed E-state index contributed by atoms with van der Waals surface area (Å²) in [6, 6.07) is 0. The summed E-state index contributed by atoms with van der Waals surface area (Å²) in [6.45, 7) is 15.1. The van der Waals surface area contributed by atoms with Crippen LogP contribution in [0.25, 0.3) is 0 Å². The van der Waals surface area contributed by atoms with Gasteiger partial charge in [0.2, 0.25) is 6.29 Å². The maximum absolute atomic E-state index is 15.9. The normalized spacial score (nSPS) is 56.7. The predicted molar refractivity (Wildman–Crippen MR) is 378 cm³/mol. The third-order valence-corrected chi connectivity index (χ3v) is 29.0. The van der Waals surface area contributed by atoms with E-state index in [4.69, 9.17) is 75.8 Å². The number of hydrogen-bond acceptors (Lipinski definition) is 39. The fourth-order valence-electron chi connectivity index (χ4n) is 21.9. The molecule has 0 spiro atoms. The van der Waals surface area contributed by atoms with Crippen LogP contribution in [-0.2, 0) is 80.6 Å². The largest absolute Gasteiger partial charge is 0.432 e. The van der Waals surface area contributed by atoms with E-state index < -0.39 is 334 Å². The Bertz CT molecular complexity index is 3350. The number of allylic oxidation sites excluding steroid dienone is 2. The van der Waals surface area contributed by atoms with Gasteiger partial charge in [0.1, 0.15) is 140 Å². The van der Waals surface area contributed by atoms with Crippen LogP contribution in [0.4, 0.5) is 0 Å². The first kappa shape index (κ1) is 90.5. The van der Waals surface area contributed by atoms with Crippen molar-refractivity contribution in [1.29, 1.82) is 0 Å². The van der Waals surface area contributed by atoms with E-state index in [0.717, 1.165) is 5.57 Å². The maximum atomic E-state index is 15.9. The summed E-state index contributed by atoms with van der Waals surface area (Å²) >= 11 is 0. The number of aliphatic hydroxyl groups excluding tert-OH is 22. The summed E-state index contributed by atoms with van der Waals surface area (Å²) < 4.78 is 97.4. The average Bonchev–Trinajstić information content (AvgIpc) is 0.766. The van der Waals surface area contributed by atoms with Crippen molar-refractivity contribution in [3.8, 4) is 0 Å². The third-order valence-electron chi connectivity index (χ3n) is 29.0. The van der Waals surface area contributed by atoms with Crippen LogP contribution in [-0.4, -0.2) is 397 Å². The molecule has 0 aromatic rings. The zero-order chi connectivity index (χ0) is 84.1. The molecule has 0 radical (unpaired) electrons. The van der Waals surface area contributed by atoms with Gasteiger partial charge >= 0.3 is 5.97 Å². The average molecular weight is 1660 g/mol. The van der Waals surface area contributed by atoms with Crippen molar-refractivity contribution in [2.45, 2.75) is 361 Å². The lowest BCUT2D eigenvalue weighted by atomic mass is 9.32. The maximum Gasteiger partial charge on any atom is 0.317 e. The molecule has 8 saturated heterocycles. The van der Waals surface area contributed by atoms with E-state index in [0.29, 0.717) is 12.8 Å². The first-order valence-corrected chi connectivity index (χ1v) is 40.2. The monoisotopic (exact) mass is 1660 g/mol. The molecule has 0 bridgehead atoms. The van der Waals surface area contributed by atoms with E-state index in [1.807, 2.05) is 34.6 Å². The van der Waals surface area contributed by atoms with Gasteiger partial charge in [0, 0.05) is 16.7 Å². The fraction of sp³-hybridized carbons (Fsp3) is 0.961. The van der Waals surface area contributed by atoms with Gasteiger partial charge in [0.05, 0.1) is 88.5 Å². The zero-order valence-electron chi connectivity index (χ0n) is 66.3. The summed E-state index contributed by atoms with van der Waals surface area (Å²) in [4.78, 5) is 15.9. The molecule has 0 amide bonds. The number of carbonyl (C=O) groups is 1. The van der Waals surface area contributed by atoms with Crippen molar-refractivity contribution in [1.82, 2.24) is 0 Å². The molecule has 0 aromatic carbocycles. The zero-order valence-corrected chi connectivity index (χ0v) is 66.3. The first-order valence-electron chi connectivity index (χ1n) is 40.2. The second kappa shape index (κ2) is 33.7. The minimum absolute atomic E-state index is 0.0263. The molecule has 5 aliphatic carbocycles. The Hall–Kier alpha value is -2.27. The van der Waals surface area contributed by atoms with Gasteiger partial charge in [-0.2, -0.15) is 0 Å². The van der Waals surface area contributed by atoms with Gasteiger partial charge in [-0.25, -0.2) is 0 Å². The Balaban J connectivity index is 0.751. The van der Waals surface area contributed by atoms with Crippen LogP contribution in [0.15, 0.2) is 11.6 Å². The summed E-state index contributed by atoms with van der Waals surface area (Å²) in [6.07, 6.45) is -63.2. The minimum atomic E-state index is -2.15. The van der Waals surface area contributed by atoms with E-state index >= 15 is 4.79 Å². The third kappa shape index (κ3) is 15.5. The van der Waals surface area contributed by atoms with Crippen LogP contribution in [0.3, 0.4) is 0 Å². The highest BCUT2D eigenvalue weighted by Gasteiger charge is 2.75. The molecule has 0 unspecified atom stereocenters. The molecule has 115 heavy (non-hydrogen) atoms. The van der Waals surface area contributed by atoms with Crippen LogP contribution in [0.5, 0.6) is 0 Å². The lowest BCUT2D eigenvalue weighted by molar-refractivity contribution is -0.395.